The van der Waals surface area contributed by atoms with Crippen LogP contribution in [0.25, 0.3) is 0 Å². The molecule has 2 bridgehead atoms. The predicted octanol–water partition coefficient (Wildman–Crippen LogP) is 3.02. The van der Waals surface area contributed by atoms with Crippen LogP contribution >= 0.6 is 0 Å². The van der Waals surface area contributed by atoms with Gasteiger partial charge in [-0.2, -0.15) is 0 Å². The van der Waals surface area contributed by atoms with Crippen LogP contribution < -0.4 is 0 Å². The highest BCUT2D eigenvalue weighted by Gasteiger charge is 2.68. The number of ether oxygens (including phenoxy) is 1. The summed E-state index contributed by atoms with van der Waals surface area (Å²) in [5, 5.41) is 10.9. The Bertz CT molecular complexity index is 812. The summed E-state index contributed by atoms with van der Waals surface area (Å²) in [6.45, 7) is 2.06. The number of fused-ring (bicyclic) bond motifs is 1. The fraction of sp³-hybridized carbons (Fsp3) is 0.474. The van der Waals surface area contributed by atoms with Gasteiger partial charge in [0.15, 0.2) is 11.5 Å². The third-order valence-electron chi connectivity index (χ3n) is 6.45. The quantitative estimate of drug-likeness (QED) is 0.479. The number of carbonyl (C=O) groups excluding carboxylic acids is 2. The monoisotopic (exact) mass is 341 g/mol. The molecule has 3 aliphatic carbocycles. The molecule has 0 unspecified atom stereocenters. The van der Waals surface area contributed by atoms with Crippen LogP contribution in [-0.2, 0) is 14.3 Å². The number of benzene rings is 1. The molecule has 2 saturated carbocycles. The van der Waals surface area contributed by atoms with Crippen molar-refractivity contribution in [3.8, 4) is 0 Å². The number of nitro benzene ring substituents is 1. The Kier molecular flexibility index (Phi) is 3.36. The van der Waals surface area contributed by atoms with E-state index in [0.29, 0.717) is 0 Å². The topological polar surface area (TPSA) is 86.5 Å². The minimum Gasteiger partial charge on any atom is -0.493 e. The Morgan fingerprint density at radius 3 is 2.48 bits per heavy atom. The van der Waals surface area contributed by atoms with E-state index in [2.05, 4.69) is 6.92 Å². The second-order valence-corrected chi connectivity index (χ2v) is 7.31. The molecule has 130 valence electrons. The summed E-state index contributed by atoms with van der Waals surface area (Å²) in [5.74, 6) is -0.761. The minimum absolute atomic E-state index is 0.00310. The van der Waals surface area contributed by atoms with Crippen molar-refractivity contribution in [3.63, 3.8) is 0 Å². The highest BCUT2D eigenvalue weighted by Crippen LogP contribution is 2.65. The average Bonchev–Trinajstić information content (AvgIpc) is 3.00. The number of rotatable bonds is 3. The summed E-state index contributed by atoms with van der Waals surface area (Å²) in [6.07, 6.45) is 3.56. The van der Waals surface area contributed by atoms with Gasteiger partial charge in [0.1, 0.15) is 0 Å². The molecule has 4 rings (SSSR count). The van der Waals surface area contributed by atoms with Gasteiger partial charge in [-0.1, -0.05) is 19.1 Å². The van der Waals surface area contributed by atoms with Crippen molar-refractivity contribution in [2.45, 2.75) is 25.7 Å². The lowest BCUT2D eigenvalue weighted by atomic mass is 9.70. The van der Waals surface area contributed by atoms with Crippen molar-refractivity contribution in [2.24, 2.45) is 23.2 Å². The van der Waals surface area contributed by atoms with Crippen molar-refractivity contribution >= 4 is 17.3 Å². The van der Waals surface area contributed by atoms with Crippen LogP contribution in [0.1, 0.15) is 31.2 Å². The molecule has 0 radical (unpaired) electrons. The van der Waals surface area contributed by atoms with Gasteiger partial charge in [-0.3, -0.25) is 19.7 Å². The van der Waals surface area contributed by atoms with E-state index in [9.17, 15) is 19.7 Å². The number of carbonyl (C=O) groups is 2. The Labute approximate surface area is 145 Å². The van der Waals surface area contributed by atoms with E-state index in [-0.39, 0.29) is 40.8 Å². The van der Waals surface area contributed by atoms with E-state index in [1.54, 1.807) is 18.2 Å². The molecule has 6 nitrogen and oxygen atoms in total. The first-order valence-electron chi connectivity index (χ1n) is 8.51. The normalized spacial score (nSPS) is 36.2. The maximum Gasteiger partial charge on any atom is 0.269 e. The van der Waals surface area contributed by atoms with Gasteiger partial charge in [-0.15, -0.1) is 0 Å². The molecule has 0 heterocycles. The number of hydrogen-bond acceptors (Lipinski definition) is 5. The lowest BCUT2D eigenvalue weighted by Crippen LogP contribution is -2.40. The number of ketones is 2. The Morgan fingerprint density at radius 1 is 1.20 bits per heavy atom. The summed E-state index contributed by atoms with van der Waals surface area (Å²) in [6, 6.07) is 6.27. The van der Waals surface area contributed by atoms with Crippen LogP contribution in [0.15, 0.2) is 36.1 Å². The zero-order valence-electron chi connectivity index (χ0n) is 14.1. The van der Waals surface area contributed by atoms with Crippen molar-refractivity contribution in [2.75, 3.05) is 7.11 Å². The molecule has 1 spiro atoms. The summed E-state index contributed by atoms with van der Waals surface area (Å²) >= 11 is 0. The number of nitrogens with zero attached hydrogens (tertiary/aromatic N) is 1. The zero-order valence-corrected chi connectivity index (χ0v) is 14.1. The lowest BCUT2D eigenvalue weighted by molar-refractivity contribution is -0.384. The predicted molar refractivity (Wildman–Crippen MR) is 88.8 cm³/mol. The molecule has 0 aliphatic heterocycles. The van der Waals surface area contributed by atoms with Gasteiger partial charge in [0.05, 0.1) is 23.4 Å². The Morgan fingerprint density at radius 2 is 1.88 bits per heavy atom. The summed E-state index contributed by atoms with van der Waals surface area (Å²) in [5.41, 5.74) is 0.188. The van der Waals surface area contributed by atoms with E-state index in [1.165, 1.54) is 19.2 Å². The Balaban J connectivity index is 1.84. The molecule has 0 saturated heterocycles. The van der Waals surface area contributed by atoms with Crippen LogP contribution in [0.4, 0.5) is 5.69 Å². The van der Waals surface area contributed by atoms with Crippen molar-refractivity contribution in [3.05, 3.63) is 51.8 Å². The first-order valence-corrected chi connectivity index (χ1v) is 8.51. The average molecular weight is 341 g/mol. The largest absolute Gasteiger partial charge is 0.493 e. The molecule has 3 aliphatic rings. The highest BCUT2D eigenvalue weighted by atomic mass is 16.6. The van der Waals surface area contributed by atoms with Gasteiger partial charge in [0.2, 0.25) is 5.78 Å². The summed E-state index contributed by atoms with van der Waals surface area (Å²) in [7, 11) is 1.46. The number of nitro groups is 1. The summed E-state index contributed by atoms with van der Waals surface area (Å²) in [4.78, 5) is 36.5. The van der Waals surface area contributed by atoms with Crippen LogP contribution in [-0.4, -0.2) is 23.6 Å². The molecule has 0 aromatic heterocycles. The van der Waals surface area contributed by atoms with Crippen LogP contribution in [0.5, 0.6) is 0 Å². The second-order valence-electron chi connectivity index (χ2n) is 7.31. The molecule has 0 N–H and O–H groups in total. The molecule has 0 amide bonds. The molecule has 2 fully saturated rings. The van der Waals surface area contributed by atoms with E-state index in [0.717, 1.165) is 18.4 Å². The first-order chi connectivity index (χ1) is 11.9. The van der Waals surface area contributed by atoms with Gasteiger partial charge in [-0.25, -0.2) is 0 Å². The van der Waals surface area contributed by atoms with Gasteiger partial charge in [0.25, 0.3) is 5.69 Å². The maximum absolute atomic E-state index is 13.2. The van der Waals surface area contributed by atoms with Crippen LogP contribution in [0, 0.1) is 33.3 Å². The third-order valence-corrected chi connectivity index (χ3v) is 6.45. The van der Waals surface area contributed by atoms with Crippen LogP contribution in [0.3, 0.4) is 0 Å². The SMILES string of the molecule is COC1=C[C@@]23C(=O)[C@@H](C1=O)[C@@H](c1ccc([N+](=O)[O-])cc1)[C@@H]2CC[C@H]3C. The summed E-state index contributed by atoms with van der Waals surface area (Å²) < 4.78 is 5.29. The molecule has 1 aromatic rings. The molecular formula is C19H19NO5. The zero-order chi connectivity index (χ0) is 17.9. The van der Waals surface area contributed by atoms with Gasteiger partial charge in [0, 0.05) is 18.1 Å². The van der Waals surface area contributed by atoms with Crippen molar-refractivity contribution in [1.29, 1.82) is 0 Å². The molecule has 5 atom stereocenters. The number of Topliss-reactive ketones (excluding diaryl/α,β-unsaturated/α-hetero) is 2. The third kappa shape index (κ3) is 1.91. The molecular weight excluding hydrogens is 322 g/mol. The minimum atomic E-state index is -0.742. The molecule has 25 heavy (non-hydrogen) atoms. The molecule has 1 aromatic carbocycles. The fourth-order valence-corrected chi connectivity index (χ4v) is 5.29. The highest BCUT2D eigenvalue weighted by molar-refractivity contribution is 6.17. The molecule has 6 heteroatoms. The number of methoxy groups -OCH3 is 1. The van der Waals surface area contributed by atoms with Gasteiger partial charge in [-0.05, 0) is 36.3 Å². The lowest BCUT2D eigenvalue weighted by Gasteiger charge is -2.32. The van der Waals surface area contributed by atoms with E-state index in [4.69, 9.17) is 4.74 Å². The first kappa shape index (κ1) is 16.0. The fourth-order valence-electron chi connectivity index (χ4n) is 5.29. The van der Waals surface area contributed by atoms with E-state index < -0.39 is 16.3 Å². The maximum atomic E-state index is 13.2. The number of hydrogen-bond donors (Lipinski definition) is 0. The van der Waals surface area contributed by atoms with Crippen LogP contribution in [0.2, 0.25) is 0 Å². The van der Waals surface area contributed by atoms with Gasteiger partial charge < -0.3 is 4.74 Å². The van der Waals surface area contributed by atoms with E-state index in [1.807, 2.05) is 0 Å². The second kappa shape index (κ2) is 5.25. The number of allylic oxidation sites excluding steroid dienone is 2. The standard InChI is InChI=1S/C19H19NO5/c1-10-3-8-13-15(11-4-6-12(7-5-11)20(23)24)16-17(21)14(25-2)9-19(10,13)18(16)22/h4-7,9-10,13,15-16H,3,8H2,1-2H3/t10-,13+,15+,16-,19+/m1/s1. The van der Waals surface area contributed by atoms with Crippen molar-refractivity contribution in [1.82, 2.24) is 0 Å². The Hall–Kier alpha value is -2.50. The number of non-ortho nitro benzene ring substituents is 1. The van der Waals surface area contributed by atoms with Crippen molar-refractivity contribution < 1.29 is 19.2 Å². The van der Waals surface area contributed by atoms with E-state index >= 15 is 0 Å². The smallest absolute Gasteiger partial charge is 0.269 e. The van der Waals surface area contributed by atoms with Gasteiger partial charge >= 0.3 is 0 Å².